The molecule has 1 fully saturated rings. The van der Waals surface area contributed by atoms with E-state index in [2.05, 4.69) is 4.74 Å². The smallest absolute Gasteiger partial charge is 0.306 e. The molecule has 0 radical (unpaired) electrons. The van der Waals surface area contributed by atoms with Crippen LogP contribution in [0.5, 0.6) is 0 Å². The van der Waals surface area contributed by atoms with Gasteiger partial charge in [0.25, 0.3) is 10.2 Å². The molecular weight excluding hydrogens is 288 g/mol. The summed E-state index contributed by atoms with van der Waals surface area (Å²) in [6.45, 7) is 4.61. The second-order valence-corrected chi connectivity index (χ2v) is 8.06. The highest BCUT2D eigenvalue weighted by molar-refractivity contribution is 8.00. The van der Waals surface area contributed by atoms with E-state index in [1.807, 2.05) is 13.8 Å². The van der Waals surface area contributed by atoms with Crippen molar-refractivity contribution in [2.24, 2.45) is 0 Å². The van der Waals surface area contributed by atoms with E-state index in [0.29, 0.717) is 6.54 Å². The van der Waals surface area contributed by atoms with Crippen LogP contribution in [-0.4, -0.2) is 67.3 Å². The molecule has 2 unspecified atom stereocenters. The van der Waals surface area contributed by atoms with Gasteiger partial charge in [-0.2, -0.15) is 28.8 Å². The predicted octanol–water partition coefficient (Wildman–Crippen LogP) is 0.552. The van der Waals surface area contributed by atoms with Gasteiger partial charge in [-0.1, -0.05) is 6.92 Å². The first-order valence-electron chi connectivity index (χ1n) is 6.22. The van der Waals surface area contributed by atoms with E-state index in [1.54, 1.807) is 11.8 Å². The Kier molecular flexibility index (Phi) is 6.10. The summed E-state index contributed by atoms with van der Waals surface area (Å²) in [5, 5.41) is 0.275. The fourth-order valence-corrected chi connectivity index (χ4v) is 4.77. The van der Waals surface area contributed by atoms with E-state index < -0.39 is 16.2 Å². The molecular formula is C11H22N2O4S2. The first-order valence-corrected chi connectivity index (χ1v) is 8.66. The van der Waals surface area contributed by atoms with Crippen molar-refractivity contribution in [1.29, 1.82) is 0 Å². The number of hydrogen-bond donors (Lipinski definition) is 0. The number of rotatable bonds is 5. The number of carbonyl (C=O) groups excluding carboxylic acids is 1. The number of methoxy groups -OCH3 is 1. The van der Waals surface area contributed by atoms with E-state index in [0.717, 1.165) is 5.75 Å². The lowest BCUT2D eigenvalue weighted by Gasteiger charge is -2.38. The Bertz CT molecular complexity index is 413. The summed E-state index contributed by atoms with van der Waals surface area (Å²) in [6.07, 6.45) is 0.0682. The lowest BCUT2D eigenvalue weighted by Crippen LogP contribution is -2.52. The van der Waals surface area contributed by atoms with Gasteiger partial charge in [-0.05, 0) is 6.92 Å². The summed E-state index contributed by atoms with van der Waals surface area (Å²) < 4.78 is 32.1. The van der Waals surface area contributed by atoms with Crippen molar-refractivity contribution >= 4 is 27.9 Å². The van der Waals surface area contributed by atoms with E-state index in [9.17, 15) is 13.2 Å². The molecule has 0 amide bonds. The fraction of sp³-hybridized carbons (Fsp3) is 0.909. The van der Waals surface area contributed by atoms with Crippen molar-refractivity contribution in [3.8, 4) is 0 Å². The Labute approximate surface area is 119 Å². The van der Waals surface area contributed by atoms with E-state index in [4.69, 9.17) is 0 Å². The molecule has 1 rings (SSSR count). The maximum Gasteiger partial charge on any atom is 0.306 e. The molecule has 112 valence electrons. The Morgan fingerprint density at radius 2 is 2.11 bits per heavy atom. The number of thioether (sulfide) groups is 1. The molecule has 0 N–H and O–H groups in total. The maximum atomic E-state index is 12.4. The van der Waals surface area contributed by atoms with Crippen LogP contribution in [0, 0.1) is 0 Å². The molecule has 6 nitrogen and oxygen atoms in total. The number of nitrogens with zero attached hydrogens (tertiary/aromatic N) is 2. The molecule has 8 heteroatoms. The molecule has 1 aliphatic heterocycles. The molecule has 1 aliphatic rings. The van der Waals surface area contributed by atoms with Crippen molar-refractivity contribution in [2.75, 3.05) is 33.0 Å². The van der Waals surface area contributed by atoms with Gasteiger partial charge in [-0.3, -0.25) is 4.79 Å². The van der Waals surface area contributed by atoms with E-state index >= 15 is 0 Å². The number of hydrogen-bond acceptors (Lipinski definition) is 5. The minimum Gasteiger partial charge on any atom is -0.469 e. The first-order chi connectivity index (χ1) is 8.80. The van der Waals surface area contributed by atoms with Gasteiger partial charge in [0.15, 0.2) is 0 Å². The molecule has 0 aromatic rings. The van der Waals surface area contributed by atoms with Gasteiger partial charge in [-0.25, -0.2) is 0 Å². The normalized spacial score (nSPS) is 25.5. The van der Waals surface area contributed by atoms with Gasteiger partial charge in [0.1, 0.15) is 0 Å². The zero-order valence-corrected chi connectivity index (χ0v) is 13.5. The lowest BCUT2D eigenvalue weighted by molar-refractivity contribution is -0.140. The zero-order valence-electron chi connectivity index (χ0n) is 11.8. The Morgan fingerprint density at radius 1 is 1.47 bits per heavy atom. The van der Waals surface area contributed by atoms with Gasteiger partial charge in [-0.15, -0.1) is 0 Å². The molecule has 0 aliphatic carbocycles. The summed E-state index contributed by atoms with van der Waals surface area (Å²) >= 11 is 1.78. The molecule has 0 saturated carbocycles. The van der Waals surface area contributed by atoms with Gasteiger partial charge >= 0.3 is 5.97 Å². The third-order valence-corrected chi connectivity index (χ3v) is 6.79. The van der Waals surface area contributed by atoms with Crippen LogP contribution in [0.2, 0.25) is 0 Å². The molecule has 0 aromatic carbocycles. The molecule has 0 aromatic heterocycles. The fourth-order valence-electron chi connectivity index (χ4n) is 1.88. The summed E-state index contributed by atoms with van der Waals surface area (Å²) in [4.78, 5) is 11.1. The SMILES string of the molecule is COC(=O)CCN(C)S(=O)(=O)N1CCSC(C)C1C. The van der Waals surface area contributed by atoms with Crippen LogP contribution in [0.15, 0.2) is 0 Å². The Balaban J connectivity index is 2.70. The lowest BCUT2D eigenvalue weighted by atomic mass is 10.2. The maximum absolute atomic E-state index is 12.4. The van der Waals surface area contributed by atoms with Gasteiger partial charge in [0.2, 0.25) is 0 Å². The highest BCUT2D eigenvalue weighted by Gasteiger charge is 2.36. The van der Waals surface area contributed by atoms with Crippen molar-refractivity contribution < 1.29 is 17.9 Å². The van der Waals surface area contributed by atoms with Crippen LogP contribution < -0.4 is 0 Å². The number of ether oxygens (including phenoxy) is 1. The average Bonchev–Trinajstić information content (AvgIpc) is 2.38. The minimum absolute atomic E-state index is 0.0377. The highest BCUT2D eigenvalue weighted by atomic mass is 32.2. The second-order valence-electron chi connectivity index (χ2n) is 4.58. The third-order valence-electron chi connectivity index (χ3n) is 3.37. The van der Waals surface area contributed by atoms with E-state index in [-0.39, 0.29) is 24.3 Å². The first kappa shape index (κ1) is 16.7. The summed E-state index contributed by atoms with van der Waals surface area (Å²) in [6, 6.07) is -0.0377. The summed E-state index contributed by atoms with van der Waals surface area (Å²) in [7, 11) is -0.711. The summed E-state index contributed by atoms with van der Waals surface area (Å²) in [5.74, 6) is 0.396. The molecule has 1 saturated heterocycles. The Hall–Kier alpha value is -0.310. The van der Waals surface area contributed by atoms with Gasteiger partial charge < -0.3 is 4.74 Å². The summed E-state index contributed by atoms with van der Waals surface area (Å²) in [5.41, 5.74) is 0. The quantitative estimate of drug-likeness (QED) is 0.694. The van der Waals surface area contributed by atoms with Crippen LogP contribution in [-0.2, 0) is 19.7 Å². The predicted molar refractivity (Wildman–Crippen MR) is 76.3 cm³/mol. The topological polar surface area (TPSA) is 66.9 Å². The average molecular weight is 310 g/mol. The van der Waals surface area contributed by atoms with Crippen molar-refractivity contribution in [1.82, 2.24) is 8.61 Å². The number of carbonyl (C=O) groups is 1. The van der Waals surface area contributed by atoms with Crippen LogP contribution in [0.1, 0.15) is 20.3 Å². The van der Waals surface area contributed by atoms with Crippen molar-refractivity contribution in [3.63, 3.8) is 0 Å². The molecule has 0 bridgehead atoms. The minimum atomic E-state index is -3.50. The number of esters is 1. The molecule has 2 atom stereocenters. The van der Waals surface area contributed by atoms with Crippen LogP contribution in [0.25, 0.3) is 0 Å². The molecule has 19 heavy (non-hydrogen) atoms. The molecule has 0 spiro atoms. The van der Waals surface area contributed by atoms with Gasteiger partial charge in [0, 0.05) is 37.2 Å². The van der Waals surface area contributed by atoms with Crippen LogP contribution in [0.3, 0.4) is 0 Å². The van der Waals surface area contributed by atoms with Crippen molar-refractivity contribution in [2.45, 2.75) is 31.6 Å². The Morgan fingerprint density at radius 3 is 2.68 bits per heavy atom. The second kappa shape index (κ2) is 6.92. The van der Waals surface area contributed by atoms with Crippen LogP contribution in [0.4, 0.5) is 0 Å². The largest absolute Gasteiger partial charge is 0.469 e. The standard InChI is InChI=1S/C11H22N2O4S2/c1-9-10(2)18-8-7-13(9)19(15,16)12(3)6-5-11(14)17-4/h9-10H,5-8H2,1-4H3. The highest BCUT2D eigenvalue weighted by Crippen LogP contribution is 2.27. The monoisotopic (exact) mass is 310 g/mol. The van der Waals surface area contributed by atoms with E-state index in [1.165, 1.54) is 22.8 Å². The third kappa shape index (κ3) is 4.08. The van der Waals surface area contributed by atoms with Crippen molar-refractivity contribution in [3.05, 3.63) is 0 Å². The van der Waals surface area contributed by atoms with Crippen LogP contribution >= 0.6 is 11.8 Å². The molecule has 1 heterocycles. The van der Waals surface area contributed by atoms with Gasteiger partial charge in [0.05, 0.1) is 13.5 Å². The zero-order chi connectivity index (χ0) is 14.6.